The maximum atomic E-state index is 12.9. The fourth-order valence-electron chi connectivity index (χ4n) is 1.56. The Morgan fingerprint density at radius 1 is 0.895 bits per heavy atom. The topological polar surface area (TPSA) is 18.5 Å². The summed E-state index contributed by atoms with van der Waals surface area (Å²) in [6.07, 6.45) is -4.50. The summed E-state index contributed by atoms with van der Waals surface area (Å²) in [4.78, 5) is 0. The van der Waals surface area contributed by atoms with Crippen molar-refractivity contribution in [2.75, 3.05) is 7.11 Å². The molecular formula is C14H11F3O2. The number of rotatable bonds is 3. The zero-order valence-corrected chi connectivity index (χ0v) is 10.1. The van der Waals surface area contributed by atoms with Gasteiger partial charge in [-0.1, -0.05) is 18.2 Å². The van der Waals surface area contributed by atoms with Crippen LogP contribution in [0, 0.1) is 0 Å². The molecule has 0 atom stereocenters. The normalized spacial score (nSPS) is 11.2. The van der Waals surface area contributed by atoms with Crippen molar-refractivity contribution in [1.29, 1.82) is 0 Å². The van der Waals surface area contributed by atoms with E-state index in [1.807, 2.05) is 0 Å². The van der Waals surface area contributed by atoms with Gasteiger partial charge in [-0.2, -0.15) is 13.2 Å². The summed E-state index contributed by atoms with van der Waals surface area (Å²) in [6, 6.07) is 11.9. The van der Waals surface area contributed by atoms with E-state index in [-0.39, 0.29) is 11.5 Å². The van der Waals surface area contributed by atoms with Crippen molar-refractivity contribution in [3.63, 3.8) is 0 Å². The van der Waals surface area contributed by atoms with Crippen molar-refractivity contribution in [2.24, 2.45) is 0 Å². The van der Waals surface area contributed by atoms with Gasteiger partial charge in [0.25, 0.3) is 0 Å². The van der Waals surface area contributed by atoms with Crippen molar-refractivity contribution in [2.45, 2.75) is 6.18 Å². The molecule has 2 rings (SSSR count). The quantitative estimate of drug-likeness (QED) is 0.815. The molecule has 19 heavy (non-hydrogen) atoms. The Morgan fingerprint density at radius 2 is 1.58 bits per heavy atom. The van der Waals surface area contributed by atoms with Gasteiger partial charge in [0.15, 0.2) is 0 Å². The lowest BCUT2D eigenvalue weighted by atomic mass is 10.2. The molecule has 0 N–H and O–H groups in total. The van der Waals surface area contributed by atoms with E-state index in [4.69, 9.17) is 9.47 Å². The number of benzene rings is 2. The van der Waals surface area contributed by atoms with Crippen LogP contribution in [0.3, 0.4) is 0 Å². The molecule has 0 radical (unpaired) electrons. The van der Waals surface area contributed by atoms with Crippen LogP contribution in [-0.4, -0.2) is 7.11 Å². The lowest BCUT2D eigenvalue weighted by Gasteiger charge is -2.14. The first kappa shape index (κ1) is 13.3. The number of halogens is 3. The van der Waals surface area contributed by atoms with Crippen LogP contribution < -0.4 is 9.47 Å². The molecular weight excluding hydrogens is 257 g/mol. The van der Waals surface area contributed by atoms with E-state index in [1.54, 1.807) is 30.3 Å². The fourth-order valence-corrected chi connectivity index (χ4v) is 1.56. The molecule has 0 aliphatic heterocycles. The number of para-hydroxylation sites is 1. The maximum Gasteiger partial charge on any atom is 0.420 e. The maximum absolute atomic E-state index is 12.9. The molecule has 100 valence electrons. The van der Waals surface area contributed by atoms with Crippen LogP contribution >= 0.6 is 0 Å². The van der Waals surface area contributed by atoms with Crippen LogP contribution in [0.5, 0.6) is 17.2 Å². The monoisotopic (exact) mass is 268 g/mol. The Hall–Kier alpha value is -2.17. The second-order valence-corrected chi connectivity index (χ2v) is 3.77. The zero-order chi connectivity index (χ0) is 13.9. The molecule has 0 amide bonds. The zero-order valence-electron chi connectivity index (χ0n) is 10.1. The van der Waals surface area contributed by atoms with Crippen molar-refractivity contribution >= 4 is 0 Å². The number of hydrogen-bond donors (Lipinski definition) is 0. The standard InChI is InChI=1S/C14H11F3O2/c1-18-11-7-8-13(12(9-11)14(15,16)17)19-10-5-3-2-4-6-10/h2-9H,1H3. The van der Waals surface area contributed by atoms with E-state index in [0.29, 0.717) is 5.75 Å². The highest BCUT2D eigenvalue weighted by Crippen LogP contribution is 2.40. The minimum absolute atomic E-state index is 0.132. The second kappa shape index (κ2) is 5.22. The highest BCUT2D eigenvalue weighted by Gasteiger charge is 2.35. The number of hydrogen-bond acceptors (Lipinski definition) is 2. The number of ether oxygens (including phenoxy) is 2. The second-order valence-electron chi connectivity index (χ2n) is 3.77. The fraction of sp³-hybridized carbons (Fsp3) is 0.143. The summed E-state index contributed by atoms with van der Waals surface area (Å²) in [6.45, 7) is 0. The molecule has 0 aliphatic rings. The molecule has 0 bridgehead atoms. The van der Waals surface area contributed by atoms with Gasteiger partial charge in [0.2, 0.25) is 0 Å². The Bertz CT molecular complexity index is 550. The lowest BCUT2D eigenvalue weighted by Crippen LogP contribution is -2.07. The van der Waals surface area contributed by atoms with Crippen LogP contribution in [0.1, 0.15) is 5.56 Å². The summed E-state index contributed by atoms with van der Waals surface area (Å²) in [7, 11) is 1.31. The van der Waals surface area contributed by atoms with Gasteiger partial charge in [0.1, 0.15) is 22.8 Å². The van der Waals surface area contributed by atoms with E-state index in [1.165, 1.54) is 19.2 Å². The molecule has 0 aliphatic carbocycles. The van der Waals surface area contributed by atoms with Crippen molar-refractivity contribution in [3.05, 3.63) is 54.1 Å². The summed E-state index contributed by atoms with van der Waals surface area (Å²) in [5.74, 6) is 0.227. The van der Waals surface area contributed by atoms with Gasteiger partial charge in [-0.25, -0.2) is 0 Å². The van der Waals surface area contributed by atoms with Crippen molar-refractivity contribution < 1.29 is 22.6 Å². The predicted molar refractivity (Wildman–Crippen MR) is 64.5 cm³/mol. The highest BCUT2D eigenvalue weighted by molar-refractivity contribution is 5.44. The third-order valence-corrected chi connectivity index (χ3v) is 2.46. The van der Waals surface area contributed by atoms with Crippen molar-refractivity contribution in [1.82, 2.24) is 0 Å². The van der Waals surface area contributed by atoms with Gasteiger partial charge in [-0.3, -0.25) is 0 Å². The van der Waals surface area contributed by atoms with Gasteiger partial charge in [0.05, 0.1) is 7.11 Å². The van der Waals surface area contributed by atoms with Gasteiger partial charge in [-0.05, 0) is 30.3 Å². The number of methoxy groups -OCH3 is 1. The SMILES string of the molecule is COc1ccc(Oc2ccccc2)c(C(F)(F)F)c1. The first-order chi connectivity index (χ1) is 9.00. The van der Waals surface area contributed by atoms with E-state index >= 15 is 0 Å². The summed E-state index contributed by atoms with van der Waals surface area (Å²) < 4.78 is 48.9. The van der Waals surface area contributed by atoms with Crippen LogP contribution in [-0.2, 0) is 6.18 Å². The summed E-state index contributed by atoms with van der Waals surface area (Å²) in [5.41, 5.74) is -0.865. The molecule has 5 heteroatoms. The predicted octanol–water partition coefficient (Wildman–Crippen LogP) is 4.51. The minimum atomic E-state index is -4.50. The Morgan fingerprint density at radius 3 is 2.16 bits per heavy atom. The van der Waals surface area contributed by atoms with Crippen LogP contribution in [0.25, 0.3) is 0 Å². The minimum Gasteiger partial charge on any atom is -0.497 e. The molecule has 0 spiro atoms. The molecule has 0 aromatic heterocycles. The lowest BCUT2D eigenvalue weighted by molar-refractivity contribution is -0.138. The average molecular weight is 268 g/mol. The average Bonchev–Trinajstić information content (AvgIpc) is 2.39. The largest absolute Gasteiger partial charge is 0.497 e. The summed E-state index contributed by atoms with van der Waals surface area (Å²) >= 11 is 0. The number of alkyl halides is 3. The van der Waals surface area contributed by atoms with Gasteiger partial charge in [0, 0.05) is 0 Å². The molecule has 2 nitrogen and oxygen atoms in total. The molecule has 2 aromatic carbocycles. The Kier molecular flexibility index (Phi) is 3.64. The van der Waals surface area contributed by atoms with E-state index in [2.05, 4.69) is 0 Å². The smallest absolute Gasteiger partial charge is 0.420 e. The Balaban J connectivity index is 2.40. The molecule has 2 aromatic rings. The van der Waals surface area contributed by atoms with Crippen LogP contribution in [0.2, 0.25) is 0 Å². The molecule has 0 saturated carbocycles. The molecule has 0 heterocycles. The molecule has 0 unspecified atom stereocenters. The Labute approximate surface area is 108 Å². The van der Waals surface area contributed by atoms with Gasteiger partial charge >= 0.3 is 6.18 Å². The van der Waals surface area contributed by atoms with Crippen molar-refractivity contribution in [3.8, 4) is 17.2 Å². The first-order valence-corrected chi connectivity index (χ1v) is 5.49. The third kappa shape index (κ3) is 3.19. The third-order valence-electron chi connectivity index (χ3n) is 2.46. The van der Waals surface area contributed by atoms with Crippen LogP contribution in [0.4, 0.5) is 13.2 Å². The van der Waals surface area contributed by atoms with Gasteiger partial charge < -0.3 is 9.47 Å². The van der Waals surface area contributed by atoms with E-state index in [9.17, 15) is 13.2 Å². The first-order valence-electron chi connectivity index (χ1n) is 5.49. The van der Waals surface area contributed by atoms with Crippen LogP contribution in [0.15, 0.2) is 48.5 Å². The van der Waals surface area contributed by atoms with Gasteiger partial charge in [-0.15, -0.1) is 0 Å². The van der Waals surface area contributed by atoms with E-state index < -0.39 is 11.7 Å². The van der Waals surface area contributed by atoms with E-state index in [0.717, 1.165) is 6.07 Å². The molecule has 0 fully saturated rings. The summed E-state index contributed by atoms with van der Waals surface area (Å²) in [5, 5.41) is 0. The molecule has 0 saturated heterocycles. The highest BCUT2D eigenvalue weighted by atomic mass is 19.4.